The molecular formula is C25H33NO7. The highest BCUT2D eigenvalue weighted by Crippen LogP contribution is 2.16. The van der Waals surface area contributed by atoms with Crippen molar-refractivity contribution >= 4 is 12.1 Å². The summed E-state index contributed by atoms with van der Waals surface area (Å²) in [5.41, 5.74) is 1.07. The summed E-state index contributed by atoms with van der Waals surface area (Å²) in [6.07, 6.45) is -2.79. The molecule has 2 aromatic rings. The first-order valence-corrected chi connectivity index (χ1v) is 10.8. The molecule has 0 heterocycles. The van der Waals surface area contributed by atoms with Crippen LogP contribution in [0.3, 0.4) is 0 Å². The Balaban J connectivity index is 2.05. The first-order chi connectivity index (χ1) is 15.6. The van der Waals surface area contributed by atoms with E-state index in [0.717, 1.165) is 11.1 Å². The number of carbonyl (C=O) groups excluding carboxylic acids is 2. The van der Waals surface area contributed by atoms with E-state index in [9.17, 15) is 14.7 Å². The number of alkyl carbamates (subject to hydrolysis) is 1. The second-order valence-electron chi connectivity index (χ2n) is 8.71. The van der Waals surface area contributed by atoms with E-state index in [1.54, 1.807) is 45.0 Å². The molecule has 2 aromatic carbocycles. The van der Waals surface area contributed by atoms with Gasteiger partial charge in [0.2, 0.25) is 0 Å². The largest absolute Gasteiger partial charge is 0.489 e. The van der Waals surface area contributed by atoms with Gasteiger partial charge in [-0.3, -0.25) is 0 Å². The molecule has 0 bridgehead atoms. The lowest BCUT2D eigenvalue weighted by Crippen LogP contribution is -2.47. The predicted molar refractivity (Wildman–Crippen MR) is 123 cm³/mol. The molecule has 180 valence electrons. The van der Waals surface area contributed by atoms with Crippen LogP contribution in [0.4, 0.5) is 4.79 Å². The molecule has 3 N–H and O–H groups in total. The van der Waals surface area contributed by atoms with Gasteiger partial charge < -0.3 is 29.7 Å². The maximum Gasteiger partial charge on any atom is 0.408 e. The fraction of sp³-hybridized carbons (Fsp3) is 0.440. The molecule has 1 amide bonds. The minimum Gasteiger partial charge on any atom is -0.489 e. The highest BCUT2D eigenvalue weighted by Gasteiger charge is 2.28. The van der Waals surface area contributed by atoms with Crippen molar-refractivity contribution in [3.05, 3.63) is 65.7 Å². The molecule has 0 saturated heterocycles. The van der Waals surface area contributed by atoms with Gasteiger partial charge in [-0.15, -0.1) is 0 Å². The average Bonchev–Trinajstić information content (AvgIpc) is 2.76. The number of carbonyl (C=O) groups is 2. The number of ether oxygens (including phenoxy) is 3. The minimum absolute atomic E-state index is 0.138. The van der Waals surface area contributed by atoms with Crippen LogP contribution in [0.5, 0.6) is 5.75 Å². The van der Waals surface area contributed by atoms with Crippen molar-refractivity contribution in [1.82, 2.24) is 5.32 Å². The lowest BCUT2D eigenvalue weighted by atomic mass is 10.1. The summed E-state index contributed by atoms with van der Waals surface area (Å²) >= 11 is 0. The maximum absolute atomic E-state index is 12.7. The molecule has 8 nitrogen and oxygen atoms in total. The molecular weight excluding hydrogens is 426 g/mol. The molecule has 0 aromatic heterocycles. The smallest absolute Gasteiger partial charge is 0.408 e. The fourth-order valence-corrected chi connectivity index (χ4v) is 2.83. The van der Waals surface area contributed by atoms with E-state index in [0.29, 0.717) is 12.4 Å². The van der Waals surface area contributed by atoms with E-state index in [2.05, 4.69) is 5.32 Å². The SMILES string of the molecule is CC(OC(=O)C(Cc1ccc(OCc2ccccc2)cc1)NC(=O)OC(C)(C)C)C(O)CO. The first kappa shape index (κ1) is 26.2. The molecule has 0 radical (unpaired) electrons. The number of esters is 1. The molecule has 0 aliphatic heterocycles. The maximum atomic E-state index is 12.7. The summed E-state index contributed by atoms with van der Waals surface area (Å²) in [6, 6.07) is 15.9. The van der Waals surface area contributed by atoms with Crippen LogP contribution < -0.4 is 10.1 Å². The Morgan fingerprint density at radius 1 is 1.00 bits per heavy atom. The van der Waals surface area contributed by atoms with Crippen LogP contribution in [-0.2, 0) is 27.3 Å². The zero-order valence-electron chi connectivity index (χ0n) is 19.5. The fourth-order valence-electron chi connectivity index (χ4n) is 2.83. The number of nitrogens with one attached hydrogen (secondary N) is 1. The van der Waals surface area contributed by atoms with E-state index in [1.807, 2.05) is 30.3 Å². The van der Waals surface area contributed by atoms with Crippen LogP contribution in [0.2, 0.25) is 0 Å². The van der Waals surface area contributed by atoms with E-state index in [-0.39, 0.29) is 6.42 Å². The topological polar surface area (TPSA) is 114 Å². The summed E-state index contributed by atoms with van der Waals surface area (Å²) in [5.74, 6) is -0.0771. The molecule has 0 spiro atoms. The Kier molecular flexibility index (Phi) is 9.69. The molecule has 33 heavy (non-hydrogen) atoms. The quantitative estimate of drug-likeness (QED) is 0.468. The van der Waals surface area contributed by atoms with Crippen molar-refractivity contribution in [2.75, 3.05) is 6.61 Å². The van der Waals surface area contributed by atoms with Crippen LogP contribution >= 0.6 is 0 Å². The van der Waals surface area contributed by atoms with Crippen molar-refractivity contribution in [3.63, 3.8) is 0 Å². The van der Waals surface area contributed by atoms with E-state index in [4.69, 9.17) is 19.3 Å². The monoisotopic (exact) mass is 459 g/mol. The lowest BCUT2D eigenvalue weighted by molar-refractivity contribution is -0.157. The number of rotatable bonds is 10. The average molecular weight is 460 g/mol. The molecule has 0 aliphatic carbocycles. The second kappa shape index (κ2) is 12.2. The van der Waals surface area contributed by atoms with Crippen LogP contribution in [0.15, 0.2) is 54.6 Å². The van der Waals surface area contributed by atoms with Crippen molar-refractivity contribution in [1.29, 1.82) is 0 Å². The Morgan fingerprint density at radius 3 is 2.21 bits per heavy atom. The van der Waals surface area contributed by atoms with Crippen LogP contribution in [0.1, 0.15) is 38.8 Å². The van der Waals surface area contributed by atoms with Gasteiger partial charge in [-0.05, 0) is 51.0 Å². The van der Waals surface area contributed by atoms with Gasteiger partial charge in [0, 0.05) is 6.42 Å². The van der Waals surface area contributed by atoms with Gasteiger partial charge in [-0.1, -0.05) is 42.5 Å². The third kappa shape index (κ3) is 9.51. The van der Waals surface area contributed by atoms with Gasteiger partial charge in [0.1, 0.15) is 36.2 Å². The number of aliphatic hydroxyl groups is 2. The number of amides is 1. The van der Waals surface area contributed by atoms with Gasteiger partial charge in [0.25, 0.3) is 0 Å². The summed E-state index contributed by atoms with van der Waals surface area (Å²) in [7, 11) is 0. The van der Waals surface area contributed by atoms with Crippen molar-refractivity contribution < 1.29 is 34.0 Å². The molecule has 0 saturated carbocycles. The first-order valence-electron chi connectivity index (χ1n) is 10.8. The van der Waals surface area contributed by atoms with E-state index < -0.39 is 42.5 Å². The Hall–Kier alpha value is -3.10. The highest BCUT2D eigenvalue weighted by atomic mass is 16.6. The Morgan fingerprint density at radius 2 is 1.64 bits per heavy atom. The van der Waals surface area contributed by atoms with Crippen LogP contribution in [-0.4, -0.2) is 52.7 Å². The van der Waals surface area contributed by atoms with Gasteiger partial charge in [0.15, 0.2) is 0 Å². The van der Waals surface area contributed by atoms with Gasteiger partial charge in [0.05, 0.1) is 6.61 Å². The summed E-state index contributed by atoms with van der Waals surface area (Å²) in [5, 5.41) is 21.3. The van der Waals surface area contributed by atoms with E-state index in [1.165, 1.54) is 6.92 Å². The van der Waals surface area contributed by atoms with Gasteiger partial charge >= 0.3 is 12.1 Å². The lowest BCUT2D eigenvalue weighted by Gasteiger charge is -2.25. The molecule has 3 unspecified atom stereocenters. The summed E-state index contributed by atoms with van der Waals surface area (Å²) in [4.78, 5) is 25.0. The number of aliphatic hydroxyl groups excluding tert-OH is 2. The Bertz CT molecular complexity index is 878. The number of hydrogen-bond donors (Lipinski definition) is 3. The van der Waals surface area contributed by atoms with Crippen LogP contribution in [0, 0.1) is 0 Å². The summed E-state index contributed by atoms with van der Waals surface area (Å²) in [6.45, 7) is 6.49. The van der Waals surface area contributed by atoms with E-state index >= 15 is 0 Å². The zero-order chi connectivity index (χ0) is 24.4. The van der Waals surface area contributed by atoms with Crippen LogP contribution in [0.25, 0.3) is 0 Å². The van der Waals surface area contributed by atoms with Crippen molar-refractivity contribution in [2.24, 2.45) is 0 Å². The third-order valence-corrected chi connectivity index (χ3v) is 4.62. The normalized spacial score (nSPS) is 14.0. The third-order valence-electron chi connectivity index (χ3n) is 4.62. The molecule has 8 heteroatoms. The molecule has 0 fully saturated rings. The molecule has 2 rings (SSSR count). The predicted octanol–water partition coefficient (Wildman–Crippen LogP) is 2.99. The minimum atomic E-state index is -1.22. The zero-order valence-corrected chi connectivity index (χ0v) is 19.5. The van der Waals surface area contributed by atoms with Crippen molar-refractivity contribution in [2.45, 2.75) is 64.6 Å². The molecule has 0 aliphatic rings. The second-order valence-corrected chi connectivity index (χ2v) is 8.71. The van der Waals surface area contributed by atoms with Crippen molar-refractivity contribution in [3.8, 4) is 5.75 Å². The molecule has 3 atom stereocenters. The Labute approximate surface area is 194 Å². The number of hydrogen-bond acceptors (Lipinski definition) is 7. The van der Waals surface area contributed by atoms with Gasteiger partial charge in [-0.2, -0.15) is 0 Å². The number of benzene rings is 2. The summed E-state index contributed by atoms with van der Waals surface area (Å²) < 4.78 is 16.3. The van der Waals surface area contributed by atoms with Gasteiger partial charge in [-0.25, -0.2) is 9.59 Å². The highest BCUT2D eigenvalue weighted by molar-refractivity contribution is 5.82. The standard InChI is InChI=1S/C25H33NO7/c1-17(22(28)15-27)32-23(29)21(26-24(30)33-25(2,3)4)14-18-10-12-20(13-11-18)31-16-19-8-6-5-7-9-19/h5-13,17,21-22,27-28H,14-16H2,1-4H3,(H,26,30).